The molecule has 2 heteroatoms. The molecule has 0 radical (unpaired) electrons. The van der Waals surface area contributed by atoms with Crippen LogP contribution in [0.2, 0.25) is 0 Å². The number of nitrogens with one attached hydrogen (secondary N) is 1. The molecule has 1 aliphatic carbocycles. The molecule has 0 saturated heterocycles. The van der Waals surface area contributed by atoms with Gasteiger partial charge in [0.05, 0.1) is 0 Å². The van der Waals surface area contributed by atoms with E-state index < -0.39 is 0 Å². The van der Waals surface area contributed by atoms with Crippen LogP contribution in [0.15, 0.2) is 0 Å². The van der Waals surface area contributed by atoms with Gasteiger partial charge in [0.2, 0.25) is 5.91 Å². The van der Waals surface area contributed by atoms with Crippen molar-refractivity contribution >= 4 is 5.91 Å². The molecular formula is C22H47NO. The van der Waals surface area contributed by atoms with Crippen LogP contribution < -0.4 is 5.32 Å². The van der Waals surface area contributed by atoms with Crippen molar-refractivity contribution in [2.24, 2.45) is 11.8 Å². The molecule has 3 unspecified atom stereocenters. The van der Waals surface area contributed by atoms with Crippen molar-refractivity contribution in [1.29, 1.82) is 0 Å². The van der Waals surface area contributed by atoms with Gasteiger partial charge in [-0.15, -0.1) is 0 Å². The molecule has 2 nitrogen and oxygen atoms in total. The average molecular weight is 342 g/mol. The lowest BCUT2D eigenvalue weighted by Crippen LogP contribution is -2.43. The third-order valence-electron chi connectivity index (χ3n) is 5.06. The molecule has 1 aliphatic rings. The summed E-state index contributed by atoms with van der Waals surface area (Å²) in [6, 6.07) is 0.427. The quantitative estimate of drug-likeness (QED) is 0.444. The fourth-order valence-corrected chi connectivity index (χ4v) is 3.31. The van der Waals surface area contributed by atoms with E-state index in [9.17, 15) is 4.79 Å². The number of carbonyl (C=O) groups excluding carboxylic acids is 1. The molecule has 0 spiro atoms. The zero-order valence-corrected chi connectivity index (χ0v) is 17.9. The lowest BCUT2D eigenvalue weighted by molar-refractivity contribution is -0.122. The Morgan fingerprint density at radius 2 is 1.42 bits per heavy atom. The maximum atomic E-state index is 12.0. The second-order valence-corrected chi connectivity index (χ2v) is 6.81. The molecule has 3 atom stereocenters. The Bertz CT molecular complexity index is 265. The lowest BCUT2D eigenvalue weighted by atomic mass is 9.78. The van der Waals surface area contributed by atoms with Crippen molar-refractivity contribution in [3.8, 4) is 0 Å². The predicted octanol–water partition coefficient (Wildman–Crippen LogP) is 7.12. The summed E-state index contributed by atoms with van der Waals surface area (Å²) in [7, 11) is 0. The summed E-state index contributed by atoms with van der Waals surface area (Å²) >= 11 is 0. The molecular weight excluding hydrogens is 294 g/mol. The first-order chi connectivity index (χ1) is 11.6. The number of hydrogen-bond donors (Lipinski definition) is 1. The van der Waals surface area contributed by atoms with Crippen molar-refractivity contribution in [2.75, 3.05) is 0 Å². The average Bonchev–Trinajstić information content (AvgIpc) is 2.62. The maximum Gasteiger partial charge on any atom is 0.220 e. The predicted molar refractivity (Wildman–Crippen MR) is 109 cm³/mol. The van der Waals surface area contributed by atoms with Crippen LogP contribution in [0.5, 0.6) is 0 Å². The van der Waals surface area contributed by atoms with E-state index in [1.165, 1.54) is 57.8 Å². The third-order valence-corrected chi connectivity index (χ3v) is 5.06. The van der Waals surface area contributed by atoms with Crippen molar-refractivity contribution in [1.82, 2.24) is 5.32 Å². The topological polar surface area (TPSA) is 29.1 Å². The van der Waals surface area contributed by atoms with E-state index in [1.54, 1.807) is 0 Å². The second-order valence-electron chi connectivity index (χ2n) is 6.81. The Labute approximate surface area is 153 Å². The number of amides is 1. The van der Waals surface area contributed by atoms with E-state index in [4.69, 9.17) is 0 Å². The first-order valence-electron chi connectivity index (χ1n) is 10.9. The van der Waals surface area contributed by atoms with Gasteiger partial charge >= 0.3 is 0 Å². The van der Waals surface area contributed by atoms with E-state index >= 15 is 0 Å². The molecule has 1 saturated carbocycles. The van der Waals surface area contributed by atoms with Crippen LogP contribution in [-0.4, -0.2) is 11.9 Å². The van der Waals surface area contributed by atoms with Crippen LogP contribution in [0, 0.1) is 11.8 Å². The molecule has 24 heavy (non-hydrogen) atoms. The van der Waals surface area contributed by atoms with Gasteiger partial charge in [0.15, 0.2) is 0 Å². The van der Waals surface area contributed by atoms with Crippen molar-refractivity contribution < 1.29 is 4.79 Å². The standard InChI is InChI=1S/C18H35NO.2C2H6/c1-4-5-6-7-8-9-10-14-18(20)19-17-13-11-12-15(2)16(17)3;2*1-2/h15-17H,4-14H2,1-3H3,(H,19,20);2*1-2H3. The monoisotopic (exact) mass is 341 g/mol. The van der Waals surface area contributed by atoms with Crippen LogP contribution in [0.4, 0.5) is 0 Å². The van der Waals surface area contributed by atoms with E-state index in [0.29, 0.717) is 12.0 Å². The second kappa shape index (κ2) is 18.8. The first-order valence-corrected chi connectivity index (χ1v) is 10.9. The fraction of sp³-hybridized carbons (Fsp3) is 0.955. The smallest absolute Gasteiger partial charge is 0.220 e. The normalized spacial score (nSPS) is 22.5. The SMILES string of the molecule is CC.CC.CCCCCCCCCC(=O)NC1CCCC(C)C1C. The largest absolute Gasteiger partial charge is 0.353 e. The van der Waals surface area contributed by atoms with Gasteiger partial charge in [-0.2, -0.15) is 0 Å². The molecule has 0 heterocycles. The van der Waals surface area contributed by atoms with E-state index in [1.807, 2.05) is 27.7 Å². The van der Waals surface area contributed by atoms with Gasteiger partial charge in [-0.05, 0) is 24.7 Å². The molecule has 0 aliphatic heterocycles. The van der Waals surface area contributed by atoms with Gasteiger partial charge in [0.25, 0.3) is 0 Å². The highest BCUT2D eigenvalue weighted by atomic mass is 16.1. The summed E-state index contributed by atoms with van der Waals surface area (Å²) < 4.78 is 0. The molecule has 146 valence electrons. The molecule has 1 amide bonds. The van der Waals surface area contributed by atoms with Gasteiger partial charge in [-0.1, -0.05) is 99.8 Å². The zero-order valence-electron chi connectivity index (χ0n) is 17.9. The zero-order chi connectivity index (χ0) is 18.8. The van der Waals surface area contributed by atoms with Gasteiger partial charge in [0.1, 0.15) is 0 Å². The highest BCUT2D eigenvalue weighted by Crippen LogP contribution is 2.29. The van der Waals surface area contributed by atoms with E-state index in [0.717, 1.165) is 18.8 Å². The van der Waals surface area contributed by atoms with Gasteiger partial charge < -0.3 is 5.32 Å². The number of hydrogen-bond acceptors (Lipinski definition) is 1. The summed E-state index contributed by atoms with van der Waals surface area (Å²) in [5, 5.41) is 3.27. The van der Waals surface area contributed by atoms with E-state index in [2.05, 4.69) is 26.1 Å². The molecule has 0 bridgehead atoms. The van der Waals surface area contributed by atoms with Crippen molar-refractivity contribution in [2.45, 2.75) is 125 Å². The summed E-state index contributed by atoms with van der Waals surface area (Å²) in [5.74, 6) is 1.68. The Hall–Kier alpha value is -0.530. The Kier molecular flexibility index (Phi) is 20.1. The molecule has 1 rings (SSSR count). The third kappa shape index (κ3) is 12.8. The van der Waals surface area contributed by atoms with Crippen LogP contribution in [0.1, 0.15) is 119 Å². The van der Waals surface area contributed by atoms with Crippen LogP contribution in [-0.2, 0) is 4.79 Å². The highest BCUT2D eigenvalue weighted by Gasteiger charge is 2.27. The number of unbranched alkanes of at least 4 members (excludes halogenated alkanes) is 6. The van der Waals surface area contributed by atoms with Crippen LogP contribution in [0.3, 0.4) is 0 Å². The minimum Gasteiger partial charge on any atom is -0.353 e. The fourth-order valence-electron chi connectivity index (χ4n) is 3.31. The Morgan fingerprint density at radius 1 is 0.875 bits per heavy atom. The van der Waals surface area contributed by atoms with Crippen molar-refractivity contribution in [3.05, 3.63) is 0 Å². The number of carbonyl (C=O) groups is 1. The Morgan fingerprint density at radius 3 is 2.00 bits per heavy atom. The van der Waals surface area contributed by atoms with Gasteiger partial charge in [-0.25, -0.2) is 0 Å². The van der Waals surface area contributed by atoms with Gasteiger partial charge in [-0.3, -0.25) is 4.79 Å². The first kappa shape index (κ1) is 25.7. The molecule has 1 N–H and O–H groups in total. The summed E-state index contributed by atoms with van der Waals surface area (Å²) in [5.41, 5.74) is 0. The van der Waals surface area contributed by atoms with E-state index in [-0.39, 0.29) is 5.91 Å². The minimum atomic E-state index is 0.282. The van der Waals surface area contributed by atoms with Crippen LogP contribution in [0.25, 0.3) is 0 Å². The van der Waals surface area contributed by atoms with Gasteiger partial charge in [0, 0.05) is 12.5 Å². The van der Waals surface area contributed by atoms with Crippen molar-refractivity contribution in [3.63, 3.8) is 0 Å². The van der Waals surface area contributed by atoms with Crippen LogP contribution >= 0.6 is 0 Å². The maximum absolute atomic E-state index is 12.0. The molecule has 0 aromatic heterocycles. The molecule has 1 fully saturated rings. The Balaban J connectivity index is 0. The molecule has 0 aromatic carbocycles. The summed E-state index contributed by atoms with van der Waals surface area (Å²) in [4.78, 5) is 12.0. The summed E-state index contributed by atoms with van der Waals surface area (Å²) in [6.07, 6.45) is 13.4. The molecule has 0 aromatic rings. The summed E-state index contributed by atoms with van der Waals surface area (Å²) in [6.45, 7) is 14.9. The lowest BCUT2D eigenvalue weighted by Gasteiger charge is -2.34. The highest BCUT2D eigenvalue weighted by molar-refractivity contribution is 5.76. The minimum absolute atomic E-state index is 0.282. The number of rotatable bonds is 9.